The number of rotatable bonds is 7. The Balaban J connectivity index is 2.37. The molecule has 0 aliphatic rings. The predicted octanol–water partition coefficient (Wildman–Crippen LogP) is 1.25. The van der Waals surface area contributed by atoms with Gasteiger partial charge in [-0.3, -0.25) is 4.79 Å². The molecule has 15 heavy (non-hydrogen) atoms. The minimum Gasteiger partial charge on any atom is -0.340 e. The molecule has 1 N–H and O–H groups in total. The van der Waals surface area contributed by atoms with E-state index in [0.717, 1.165) is 26.0 Å². The van der Waals surface area contributed by atoms with Crippen molar-refractivity contribution in [2.24, 2.45) is 0 Å². The fourth-order valence-electron chi connectivity index (χ4n) is 1.39. The van der Waals surface area contributed by atoms with Crippen LogP contribution in [0.15, 0.2) is 30.3 Å². The number of nitrogens with one attached hydrogen (secondary N) is 1. The number of hydrogen-bond donors (Lipinski definition) is 1. The molecule has 3 nitrogen and oxygen atoms in total. The fraction of sp³-hybridized carbons (Fsp3) is 0.417. The molecule has 0 aromatic heterocycles. The summed E-state index contributed by atoms with van der Waals surface area (Å²) in [6, 6.07) is 10.0. The van der Waals surface area contributed by atoms with Crippen molar-refractivity contribution in [1.82, 2.24) is 10.2 Å². The Labute approximate surface area is 91.1 Å². The van der Waals surface area contributed by atoms with Crippen LogP contribution < -0.4 is 5.32 Å². The quantitative estimate of drug-likeness (QED) is 0.538. The second-order valence-corrected chi connectivity index (χ2v) is 3.42. The van der Waals surface area contributed by atoms with Crippen LogP contribution in [0.25, 0.3) is 0 Å². The van der Waals surface area contributed by atoms with Crippen LogP contribution >= 0.6 is 0 Å². The van der Waals surface area contributed by atoms with Gasteiger partial charge in [0, 0.05) is 19.6 Å². The van der Waals surface area contributed by atoms with Crippen molar-refractivity contribution in [2.45, 2.75) is 13.5 Å². The normalized spacial score (nSPS) is 9.93. The highest BCUT2D eigenvalue weighted by molar-refractivity contribution is 5.47. The zero-order chi connectivity index (χ0) is 10.9. The van der Waals surface area contributed by atoms with Crippen LogP contribution in [0.1, 0.15) is 12.5 Å². The molecule has 1 aromatic rings. The van der Waals surface area contributed by atoms with E-state index in [0.29, 0.717) is 6.54 Å². The fourth-order valence-corrected chi connectivity index (χ4v) is 1.39. The molecule has 0 fully saturated rings. The van der Waals surface area contributed by atoms with Gasteiger partial charge in [-0.2, -0.15) is 0 Å². The number of likely N-dealkylation sites (N-methyl/N-ethyl adjacent to an activating group) is 1. The van der Waals surface area contributed by atoms with E-state index in [1.165, 1.54) is 5.56 Å². The first-order valence-corrected chi connectivity index (χ1v) is 5.30. The van der Waals surface area contributed by atoms with Crippen molar-refractivity contribution >= 4 is 6.41 Å². The highest BCUT2D eigenvalue weighted by Gasteiger charge is 2.01. The molecule has 0 saturated heterocycles. The lowest BCUT2D eigenvalue weighted by molar-refractivity contribution is -0.118. The highest BCUT2D eigenvalue weighted by atomic mass is 16.1. The van der Waals surface area contributed by atoms with E-state index in [1.54, 1.807) is 4.90 Å². The standard InChI is InChI=1S/C12H18N2O/c1-2-13-8-9-14(11-15)10-12-6-4-3-5-7-12/h3-7,11,13H,2,8-10H2,1H3. The highest BCUT2D eigenvalue weighted by Crippen LogP contribution is 2.01. The molecule has 0 unspecified atom stereocenters. The van der Waals surface area contributed by atoms with Gasteiger partial charge in [-0.25, -0.2) is 0 Å². The van der Waals surface area contributed by atoms with Gasteiger partial charge in [0.15, 0.2) is 0 Å². The Morgan fingerprint density at radius 3 is 2.67 bits per heavy atom. The molecule has 1 aromatic carbocycles. The molecular weight excluding hydrogens is 188 g/mol. The summed E-state index contributed by atoms with van der Waals surface area (Å²) in [5, 5.41) is 3.20. The first-order chi connectivity index (χ1) is 7.36. The van der Waals surface area contributed by atoms with E-state index in [9.17, 15) is 4.79 Å². The van der Waals surface area contributed by atoms with Gasteiger partial charge in [-0.05, 0) is 12.1 Å². The molecule has 0 atom stereocenters. The third-order valence-corrected chi connectivity index (χ3v) is 2.20. The van der Waals surface area contributed by atoms with E-state index in [-0.39, 0.29) is 0 Å². The number of carbonyl (C=O) groups excluding carboxylic acids is 1. The first kappa shape index (κ1) is 11.7. The SMILES string of the molecule is CCNCCN(C=O)Cc1ccccc1. The van der Waals surface area contributed by atoms with Gasteiger partial charge in [0.25, 0.3) is 0 Å². The third-order valence-electron chi connectivity index (χ3n) is 2.20. The van der Waals surface area contributed by atoms with Crippen molar-refractivity contribution in [3.63, 3.8) is 0 Å². The summed E-state index contributed by atoms with van der Waals surface area (Å²) in [4.78, 5) is 12.6. The van der Waals surface area contributed by atoms with Crippen LogP contribution in [0.4, 0.5) is 0 Å². The average molecular weight is 206 g/mol. The van der Waals surface area contributed by atoms with E-state index >= 15 is 0 Å². The van der Waals surface area contributed by atoms with Gasteiger partial charge < -0.3 is 10.2 Å². The van der Waals surface area contributed by atoms with Gasteiger partial charge >= 0.3 is 0 Å². The minimum atomic E-state index is 0.690. The Bertz CT molecular complexity index is 274. The average Bonchev–Trinajstić information content (AvgIpc) is 2.29. The summed E-state index contributed by atoms with van der Waals surface area (Å²) in [5.74, 6) is 0. The molecule has 0 radical (unpaired) electrons. The minimum absolute atomic E-state index is 0.690. The number of nitrogens with zero attached hydrogens (tertiary/aromatic N) is 1. The van der Waals surface area contributed by atoms with E-state index in [2.05, 4.69) is 12.2 Å². The summed E-state index contributed by atoms with van der Waals surface area (Å²) >= 11 is 0. The van der Waals surface area contributed by atoms with Crippen molar-refractivity contribution in [1.29, 1.82) is 0 Å². The lowest BCUT2D eigenvalue weighted by Gasteiger charge is -2.17. The van der Waals surface area contributed by atoms with E-state index in [4.69, 9.17) is 0 Å². The molecule has 0 aliphatic carbocycles. The molecule has 0 heterocycles. The van der Waals surface area contributed by atoms with Crippen LogP contribution in [-0.4, -0.2) is 30.9 Å². The zero-order valence-electron chi connectivity index (χ0n) is 9.15. The predicted molar refractivity (Wildman–Crippen MR) is 61.5 cm³/mol. The van der Waals surface area contributed by atoms with Gasteiger partial charge in [0.2, 0.25) is 6.41 Å². The summed E-state index contributed by atoms with van der Waals surface area (Å²) in [6.45, 7) is 5.30. The summed E-state index contributed by atoms with van der Waals surface area (Å²) < 4.78 is 0. The van der Waals surface area contributed by atoms with Crippen LogP contribution in [0.3, 0.4) is 0 Å². The Morgan fingerprint density at radius 2 is 2.07 bits per heavy atom. The van der Waals surface area contributed by atoms with Crippen LogP contribution in [0, 0.1) is 0 Å². The van der Waals surface area contributed by atoms with Crippen molar-refractivity contribution < 1.29 is 4.79 Å². The largest absolute Gasteiger partial charge is 0.340 e. The van der Waals surface area contributed by atoms with Crippen LogP contribution in [0.5, 0.6) is 0 Å². The summed E-state index contributed by atoms with van der Waals surface area (Å²) in [7, 11) is 0. The van der Waals surface area contributed by atoms with Gasteiger partial charge in [-0.1, -0.05) is 37.3 Å². The summed E-state index contributed by atoms with van der Waals surface area (Å²) in [6.07, 6.45) is 0.907. The lowest BCUT2D eigenvalue weighted by Crippen LogP contribution is -2.30. The lowest BCUT2D eigenvalue weighted by atomic mass is 10.2. The van der Waals surface area contributed by atoms with E-state index < -0.39 is 0 Å². The van der Waals surface area contributed by atoms with Crippen LogP contribution in [0.2, 0.25) is 0 Å². The Kier molecular flexibility index (Phi) is 5.48. The smallest absolute Gasteiger partial charge is 0.210 e. The molecule has 0 bridgehead atoms. The maximum Gasteiger partial charge on any atom is 0.210 e. The molecule has 3 heteroatoms. The molecule has 0 saturated carbocycles. The molecule has 0 aliphatic heterocycles. The number of amides is 1. The van der Waals surface area contributed by atoms with Crippen LogP contribution in [-0.2, 0) is 11.3 Å². The second kappa shape index (κ2) is 7.01. The van der Waals surface area contributed by atoms with Gasteiger partial charge in [0.1, 0.15) is 0 Å². The Hall–Kier alpha value is -1.35. The number of carbonyl (C=O) groups is 1. The molecular formula is C12H18N2O. The molecule has 1 rings (SSSR count). The monoisotopic (exact) mass is 206 g/mol. The molecule has 1 amide bonds. The van der Waals surface area contributed by atoms with E-state index in [1.807, 2.05) is 30.3 Å². The zero-order valence-corrected chi connectivity index (χ0v) is 9.15. The molecule has 82 valence electrons. The van der Waals surface area contributed by atoms with Crippen molar-refractivity contribution in [2.75, 3.05) is 19.6 Å². The molecule has 0 spiro atoms. The number of hydrogen-bond acceptors (Lipinski definition) is 2. The topological polar surface area (TPSA) is 32.3 Å². The second-order valence-electron chi connectivity index (χ2n) is 3.42. The van der Waals surface area contributed by atoms with Gasteiger partial charge in [-0.15, -0.1) is 0 Å². The summed E-state index contributed by atoms with van der Waals surface area (Å²) in [5.41, 5.74) is 1.17. The Morgan fingerprint density at radius 1 is 1.33 bits per heavy atom. The number of benzene rings is 1. The third kappa shape index (κ3) is 4.61. The van der Waals surface area contributed by atoms with Crippen molar-refractivity contribution in [3.8, 4) is 0 Å². The maximum absolute atomic E-state index is 10.8. The first-order valence-electron chi connectivity index (χ1n) is 5.30. The van der Waals surface area contributed by atoms with Gasteiger partial charge in [0.05, 0.1) is 0 Å². The van der Waals surface area contributed by atoms with Crippen molar-refractivity contribution in [3.05, 3.63) is 35.9 Å². The maximum atomic E-state index is 10.8.